The lowest BCUT2D eigenvalue weighted by molar-refractivity contribution is 0.209. The first kappa shape index (κ1) is 15.9. The van der Waals surface area contributed by atoms with Crippen LogP contribution in [0.25, 0.3) is 0 Å². The summed E-state index contributed by atoms with van der Waals surface area (Å²) in [5, 5.41) is 7.60. The van der Waals surface area contributed by atoms with Gasteiger partial charge in [-0.3, -0.25) is 15.2 Å². The van der Waals surface area contributed by atoms with Crippen LogP contribution < -0.4 is 5.73 Å². The molecule has 0 saturated carbocycles. The van der Waals surface area contributed by atoms with Crippen LogP contribution in [0.15, 0.2) is 18.2 Å². The summed E-state index contributed by atoms with van der Waals surface area (Å²) in [7, 11) is 0. The van der Waals surface area contributed by atoms with Gasteiger partial charge < -0.3 is 5.73 Å². The van der Waals surface area contributed by atoms with E-state index >= 15 is 0 Å². The van der Waals surface area contributed by atoms with Crippen molar-refractivity contribution in [3.05, 3.63) is 35.1 Å². The minimum atomic E-state index is -0.341. The van der Waals surface area contributed by atoms with Crippen molar-refractivity contribution in [2.75, 3.05) is 26.2 Å². The van der Waals surface area contributed by atoms with E-state index in [2.05, 4.69) is 23.6 Å². The fourth-order valence-electron chi connectivity index (χ4n) is 3.17. The first-order valence-electron chi connectivity index (χ1n) is 7.64. The topological polar surface area (TPSA) is 56.4 Å². The molecule has 1 aromatic carbocycles. The smallest absolute Gasteiger partial charge is 0.123 e. The fourth-order valence-corrected chi connectivity index (χ4v) is 3.17. The zero-order valence-electron chi connectivity index (χ0n) is 12.9. The predicted molar refractivity (Wildman–Crippen MR) is 84.0 cm³/mol. The number of amidine groups is 1. The quantitative estimate of drug-likeness (QED) is 0.623. The van der Waals surface area contributed by atoms with Gasteiger partial charge >= 0.3 is 0 Å². The molecule has 0 bridgehead atoms. The number of nitrogen functional groups attached to an aromatic ring is 1. The maximum atomic E-state index is 13.3. The van der Waals surface area contributed by atoms with E-state index in [4.69, 9.17) is 11.1 Å². The average Bonchev–Trinajstić information content (AvgIpc) is 2.90. The van der Waals surface area contributed by atoms with Gasteiger partial charge in [-0.05, 0) is 37.2 Å². The molecule has 0 aromatic heterocycles. The van der Waals surface area contributed by atoms with Gasteiger partial charge in [-0.25, -0.2) is 4.39 Å². The second kappa shape index (κ2) is 7.00. The Labute approximate surface area is 126 Å². The van der Waals surface area contributed by atoms with Crippen molar-refractivity contribution in [3.63, 3.8) is 0 Å². The molecule has 3 N–H and O–H groups in total. The highest BCUT2D eigenvalue weighted by atomic mass is 19.1. The van der Waals surface area contributed by atoms with Gasteiger partial charge in [0.05, 0.1) is 0 Å². The summed E-state index contributed by atoms with van der Waals surface area (Å²) in [4.78, 5) is 4.85. The van der Waals surface area contributed by atoms with E-state index in [1.807, 2.05) is 0 Å². The summed E-state index contributed by atoms with van der Waals surface area (Å²) in [6.07, 6.45) is 1.16. The summed E-state index contributed by atoms with van der Waals surface area (Å²) in [5.41, 5.74) is 7.02. The molecule has 116 valence electrons. The normalized spacial score (nSPS) is 19.3. The monoisotopic (exact) mass is 292 g/mol. The zero-order valence-corrected chi connectivity index (χ0v) is 12.9. The molecule has 21 heavy (non-hydrogen) atoms. The van der Waals surface area contributed by atoms with Crippen LogP contribution in [-0.2, 0) is 6.54 Å². The Hall–Kier alpha value is -1.46. The minimum absolute atomic E-state index is 0.0658. The number of hydrogen-bond acceptors (Lipinski definition) is 3. The Morgan fingerprint density at radius 2 is 2.14 bits per heavy atom. The van der Waals surface area contributed by atoms with E-state index in [0.29, 0.717) is 11.6 Å². The zero-order chi connectivity index (χ0) is 15.4. The van der Waals surface area contributed by atoms with E-state index in [1.54, 1.807) is 6.07 Å². The van der Waals surface area contributed by atoms with Crippen molar-refractivity contribution in [2.45, 2.75) is 32.9 Å². The fraction of sp³-hybridized carbons (Fsp3) is 0.562. The maximum absolute atomic E-state index is 13.3. The van der Waals surface area contributed by atoms with Crippen molar-refractivity contribution >= 4 is 5.84 Å². The molecule has 0 amide bonds. The first-order valence-corrected chi connectivity index (χ1v) is 7.64. The molecule has 0 spiro atoms. The predicted octanol–water partition coefficient (Wildman–Crippen LogP) is 2.03. The Morgan fingerprint density at radius 1 is 1.43 bits per heavy atom. The van der Waals surface area contributed by atoms with Crippen LogP contribution >= 0.6 is 0 Å². The molecule has 0 radical (unpaired) electrons. The number of hydrogen-bond donors (Lipinski definition) is 2. The molecule has 1 saturated heterocycles. The molecule has 1 fully saturated rings. The van der Waals surface area contributed by atoms with Crippen molar-refractivity contribution in [3.8, 4) is 0 Å². The first-order chi connectivity index (χ1) is 10.0. The summed E-state index contributed by atoms with van der Waals surface area (Å²) in [5.74, 6) is -0.407. The van der Waals surface area contributed by atoms with Crippen molar-refractivity contribution < 1.29 is 4.39 Å². The lowest BCUT2D eigenvalue weighted by atomic mass is 10.1. The van der Waals surface area contributed by atoms with Gasteiger partial charge in [-0.2, -0.15) is 0 Å². The van der Waals surface area contributed by atoms with Crippen LogP contribution in [0.5, 0.6) is 0 Å². The van der Waals surface area contributed by atoms with E-state index < -0.39 is 0 Å². The molecular formula is C16H25FN4. The number of likely N-dealkylation sites (N-methyl/N-ethyl adjacent to an activating group) is 1. The molecule has 5 heteroatoms. The number of rotatable bonds is 6. The Kier molecular flexibility index (Phi) is 5.31. The van der Waals surface area contributed by atoms with E-state index in [-0.39, 0.29) is 11.7 Å². The second-order valence-corrected chi connectivity index (χ2v) is 5.61. The van der Waals surface area contributed by atoms with Crippen LogP contribution in [0, 0.1) is 11.2 Å². The highest BCUT2D eigenvalue weighted by Crippen LogP contribution is 2.20. The summed E-state index contributed by atoms with van der Waals surface area (Å²) in [6.45, 7) is 9.33. The molecule has 0 aliphatic carbocycles. The molecule has 1 aromatic rings. The van der Waals surface area contributed by atoms with Crippen LogP contribution in [0.1, 0.15) is 31.4 Å². The van der Waals surface area contributed by atoms with Gasteiger partial charge in [0.15, 0.2) is 0 Å². The molecule has 1 unspecified atom stereocenters. The molecule has 1 heterocycles. The third-order valence-electron chi connectivity index (χ3n) is 4.33. The standard InChI is InChI=1S/C16H25FN4/c1-3-21(4-2)14-7-8-20(11-14)10-12-5-6-13(17)9-15(12)16(18)19/h5-6,9,14H,3-4,7-8,10-11H2,1-2H3,(H3,18,19). The molecule has 1 aliphatic heterocycles. The van der Waals surface area contributed by atoms with Gasteiger partial charge in [0.1, 0.15) is 11.7 Å². The minimum Gasteiger partial charge on any atom is -0.384 e. The van der Waals surface area contributed by atoms with E-state index in [0.717, 1.165) is 44.7 Å². The Balaban J connectivity index is 2.05. The Bertz CT molecular complexity index is 499. The maximum Gasteiger partial charge on any atom is 0.123 e. The number of nitrogens with zero attached hydrogens (tertiary/aromatic N) is 2. The SMILES string of the molecule is CCN(CC)C1CCN(Cc2ccc(F)cc2C(=N)N)C1. The molecular weight excluding hydrogens is 267 g/mol. The average molecular weight is 292 g/mol. The second-order valence-electron chi connectivity index (χ2n) is 5.61. The number of nitrogens with two attached hydrogens (primary N) is 1. The number of benzene rings is 1. The van der Waals surface area contributed by atoms with E-state index in [9.17, 15) is 4.39 Å². The van der Waals surface area contributed by atoms with Gasteiger partial charge in [0.25, 0.3) is 0 Å². The lowest BCUT2D eigenvalue weighted by Crippen LogP contribution is -2.37. The molecule has 1 atom stereocenters. The van der Waals surface area contributed by atoms with Gasteiger partial charge in [-0.1, -0.05) is 19.9 Å². The van der Waals surface area contributed by atoms with Crippen LogP contribution in [0.3, 0.4) is 0 Å². The summed E-state index contributed by atoms with van der Waals surface area (Å²) >= 11 is 0. The summed E-state index contributed by atoms with van der Waals surface area (Å²) in [6, 6.07) is 5.15. The number of nitrogens with one attached hydrogen (secondary N) is 1. The van der Waals surface area contributed by atoms with Crippen LogP contribution in [-0.4, -0.2) is 47.9 Å². The van der Waals surface area contributed by atoms with Crippen molar-refractivity contribution in [1.29, 1.82) is 5.41 Å². The Morgan fingerprint density at radius 3 is 2.76 bits per heavy atom. The van der Waals surface area contributed by atoms with Gasteiger partial charge in [0.2, 0.25) is 0 Å². The number of likely N-dealkylation sites (tertiary alicyclic amines) is 1. The van der Waals surface area contributed by atoms with Crippen LogP contribution in [0.2, 0.25) is 0 Å². The molecule has 4 nitrogen and oxygen atoms in total. The van der Waals surface area contributed by atoms with Crippen molar-refractivity contribution in [2.24, 2.45) is 5.73 Å². The van der Waals surface area contributed by atoms with Crippen LogP contribution in [0.4, 0.5) is 4.39 Å². The lowest BCUT2D eigenvalue weighted by Gasteiger charge is -2.26. The largest absolute Gasteiger partial charge is 0.384 e. The van der Waals surface area contributed by atoms with Crippen molar-refractivity contribution in [1.82, 2.24) is 9.80 Å². The third-order valence-corrected chi connectivity index (χ3v) is 4.33. The third kappa shape index (κ3) is 3.80. The van der Waals surface area contributed by atoms with Gasteiger partial charge in [-0.15, -0.1) is 0 Å². The highest BCUT2D eigenvalue weighted by molar-refractivity contribution is 5.96. The van der Waals surface area contributed by atoms with Gasteiger partial charge in [0, 0.05) is 31.2 Å². The highest BCUT2D eigenvalue weighted by Gasteiger charge is 2.26. The summed E-state index contributed by atoms with van der Waals surface area (Å²) < 4.78 is 13.3. The number of halogens is 1. The molecule has 2 rings (SSSR count). The van der Waals surface area contributed by atoms with E-state index in [1.165, 1.54) is 12.1 Å². The molecule has 1 aliphatic rings.